The van der Waals surface area contributed by atoms with Crippen LogP contribution in [0.25, 0.3) is 0 Å². The number of rotatable bonds is 27. The fourth-order valence-electron chi connectivity index (χ4n) is 3.86. The predicted molar refractivity (Wildman–Crippen MR) is 159 cm³/mol. The molecular formula is C26H50N4O8S2. The van der Waals surface area contributed by atoms with Crippen molar-refractivity contribution in [3.05, 3.63) is 0 Å². The number of methoxy groups -OCH3 is 1. The van der Waals surface area contributed by atoms with Gasteiger partial charge in [0.15, 0.2) is 0 Å². The van der Waals surface area contributed by atoms with Crippen LogP contribution in [0.4, 0.5) is 0 Å². The Morgan fingerprint density at radius 1 is 0.725 bits per heavy atom. The van der Waals surface area contributed by atoms with Crippen molar-refractivity contribution >= 4 is 49.4 Å². The second-order valence-corrected chi connectivity index (χ2v) is 10.2. The molecule has 234 valence electrons. The molecule has 0 radical (unpaired) electrons. The number of thiol groups is 2. The molecule has 0 bridgehead atoms. The molecule has 0 rings (SSSR count). The third kappa shape index (κ3) is 24.2. The summed E-state index contributed by atoms with van der Waals surface area (Å²) in [6.45, 7) is 2.35. The molecule has 0 aromatic heterocycles. The third-order valence-corrected chi connectivity index (χ3v) is 6.47. The first-order valence-electron chi connectivity index (χ1n) is 14.1. The molecule has 4 amide bonds. The van der Waals surface area contributed by atoms with Gasteiger partial charge in [0.05, 0.1) is 26.4 Å². The Kier molecular flexibility index (Phi) is 26.5. The summed E-state index contributed by atoms with van der Waals surface area (Å²) in [5.41, 5.74) is 0. The summed E-state index contributed by atoms with van der Waals surface area (Å²) in [6.07, 6.45) is 6.97. The molecule has 14 heteroatoms. The van der Waals surface area contributed by atoms with E-state index in [1.54, 1.807) is 7.11 Å². The fourth-order valence-corrected chi connectivity index (χ4v) is 4.12. The topological polar surface area (TPSA) is 164 Å². The van der Waals surface area contributed by atoms with Crippen LogP contribution >= 0.6 is 25.8 Å². The number of unbranched alkanes of at least 4 members (excludes halogenated alkanes) is 4. The lowest BCUT2D eigenvalue weighted by Crippen LogP contribution is -2.44. The van der Waals surface area contributed by atoms with Gasteiger partial charge in [-0.3, -0.25) is 19.2 Å². The Bertz CT molecular complexity index is 691. The van der Waals surface area contributed by atoms with Gasteiger partial charge in [-0.25, -0.2) is 0 Å². The van der Waals surface area contributed by atoms with E-state index in [-0.39, 0.29) is 62.5 Å². The smallest absolute Gasteiger partial charge is 0.239 e. The highest BCUT2D eigenvalue weighted by Gasteiger charge is 2.18. The van der Waals surface area contributed by atoms with E-state index in [0.29, 0.717) is 45.8 Å². The average molecular weight is 611 g/mol. The van der Waals surface area contributed by atoms with Crippen molar-refractivity contribution in [2.24, 2.45) is 5.92 Å². The van der Waals surface area contributed by atoms with Gasteiger partial charge in [0.1, 0.15) is 0 Å². The van der Waals surface area contributed by atoms with Crippen LogP contribution in [0.3, 0.4) is 0 Å². The van der Waals surface area contributed by atoms with Crippen molar-refractivity contribution in [2.75, 3.05) is 53.2 Å². The molecule has 40 heavy (non-hydrogen) atoms. The second-order valence-electron chi connectivity index (χ2n) is 9.67. The monoisotopic (exact) mass is 610 g/mol. The zero-order chi connectivity index (χ0) is 29.8. The molecule has 0 saturated heterocycles. The van der Waals surface area contributed by atoms with E-state index in [1.165, 1.54) is 0 Å². The van der Waals surface area contributed by atoms with E-state index in [1.807, 2.05) is 0 Å². The minimum atomic E-state index is -0.560. The maximum atomic E-state index is 12.5. The van der Waals surface area contributed by atoms with Crippen LogP contribution in [0.5, 0.6) is 0 Å². The van der Waals surface area contributed by atoms with Crippen molar-refractivity contribution in [1.29, 1.82) is 0 Å². The number of hydrogen-bond donors (Lipinski definition) is 7. The highest BCUT2D eigenvalue weighted by Crippen LogP contribution is 2.08. The van der Waals surface area contributed by atoms with Crippen molar-refractivity contribution in [3.8, 4) is 0 Å². The molecule has 0 aliphatic rings. The Morgan fingerprint density at radius 3 is 2.00 bits per heavy atom. The number of aliphatic hydroxyl groups excluding tert-OH is 1. The highest BCUT2D eigenvalue weighted by atomic mass is 32.1. The predicted octanol–water partition coefficient (Wildman–Crippen LogP) is 1.48. The van der Waals surface area contributed by atoms with Gasteiger partial charge in [-0.1, -0.05) is 6.42 Å². The standard InChI is InChI=1S/C26H50N4O8S2/c1-36-20-21(19-31)9-3-6-14-28-25(34)17-22(11-12-24(33)27-13-5-2-7-15-37-39)30-26(35)18-29-23(32)10-4-8-16-38-40/h21-22,31,39-40H,2-20H2,1H3,(H,27,33)(H,28,34)(H,29,32)(H,30,35). The van der Waals surface area contributed by atoms with E-state index in [4.69, 9.17) is 8.92 Å². The van der Waals surface area contributed by atoms with Gasteiger partial charge < -0.3 is 39.5 Å². The number of carbonyl (C=O) groups excluding carboxylic acids is 4. The quantitative estimate of drug-likeness (QED) is 0.0418. The maximum Gasteiger partial charge on any atom is 0.239 e. The van der Waals surface area contributed by atoms with Crippen molar-refractivity contribution < 1.29 is 37.4 Å². The number of nitrogens with one attached hydrogen (secondary N) is 4. The van der Waals surface area contributed by atoms with Gasteiger partial charge in [0.2, 0.25) is 23.6 Å². The van der Waals surface area contributed by atoms with Gasteiger partial charge in [0.25, 0.3) is 0 Å². The van der Waals surface area contributed by atoms with Gasteiger partial charge in [-0.15, -0.1) is 0 Å². The zero-order valence-electron chi connectivity index (χ0n) is 23.8. The molecule has 0 aliphatic heterocycles. The lowest BCUT2D eigenvalue weighted by molar-refractivity contribution is -0.127. The summed E-state index contributed by atoms with van der Waals surface area (Å²) in [7, 11) is 1.60. The Balaban J connectivity index is 4.60. The number of ether oxygens (including phenoxy) is 1. The Morgan fingerprint density at radius 2 is 1.35 bits per heavy atom. The normalized spacial score (nSPS) is 12.4. The maximum absolute atomic E-state index is 12.5. The van der Waals surface area contributed by atoms with Gasteiger partial charge in [0, 0.05) is 58.0 Å². The average Bonchev–Trinajstić information content (AvgIpc) is 2.94. The summed E-state index contributed by atoms with van der Waals surface area (Å²) in [5, 5.41) is 20.4. The lowest BCUT2D eigenvalue weighted by Gasteiger charge is -2.19. The summed E-state index contributed by atoms with van der Waals surface area (Å²) in [5.74, 6) is -0.986. The van der Waals surface area contributed by atoms with Crippen molar-refractivity contribution in [2.45, 2.75) is 83.1 Å². The van der Waals surface area contributed by atoms with E-state index < -0.39 is 11.9 Å². The molecule has 2 unspecified atom stereocenters. The first-order chi connectivity index (χ1) is 19.4. The number of hydrogen-bond acceptors (Lipinski definition) is 10. The molecule has 2 atom stereocenters. The third-order valence-electron chi connectivity index (χ3n) is 6.11. The zero-order valence-corrected chi connectivity index (χ0v) is 25.6. The van der Waals surface area contributed by atoms with Crippen LogP contribution in [0, 0.1) is 5.92 Å². The van der Waals surface area contributed by atoms with Crippen LogP contribution in [-0.4, -0.2) is 87.9 Å². The summed E-state index contributed by atoms with van der Waals surface area (Å²) in [6, 6.07) is -0.560. The van der Waals surface area contributed by atoms with Gasteiger partial charge >= 0.3 is 0 Å². The highest BCUT2D eigenvalue weighted by molar-refractivity contribution is 7.75. The van der Waals surface area contributed by atoms with Crippen LogP contribution < -0.4 is 21.3 Å². The Hall–Kier alpha value is -1.58. The van der Waals surface area contributed by atoms with Crippen molar-refractivity contribution in [1.82, 2.24) is 21.3 Å². The van der Waals surface area contributed by atoms with E-state index in [0.717, 1.165) is 38.5 Å². The molecule has 0 heterocycles. The van der Waals surface area contributed by atoms with Crippen molar-refractivity contribution in [3.63, 3.8) is 0 Å². The molecule has 0 aromatic carbocycles. The number of aliphatic hydroxyl groups is 1. The first kappa shape index (κ1) is 38.4. The largest absolute Gasteiger partial charge is 0.396 e. The Labute approximate surface area is 250 Å². The van der Waals surface area contributed by atoms with Gasteiger partial charge in [-0.2, -0.15) is 0 Å². The summed E-state index contributed by atoms with van der Waals surface area (Å²) >= 11 is 7.34. The molecule has 5 N–H and O–H groups in total. The van der Waals surface area contributed by atoms with Crippen LogP contribution in [0.15, 0.2) is 0 Å². The van der Waals surface area contributed by atoms with Crippen LogP contribution in [-0.2, 0) is 32.3 Å². The molecule has 0 spiro atoms. The second kappa shape index (κ2) is 27.6. The molecule has 0 fully saturated rings. The molecule has 0 saturated carbocycles. The number of carbonyl (C=O) groups is 4. The molecule has 12 nitrogen and oxygen atoms in total. The minimum absolute atomic E-state index is 0.0172. The first-order valence-corrected chi connectivity index (χ1v) is 14.8. The number of amides is 4. The van der Waals surface area contributed by atoms with Crippen LogP contribution in [0.2, 0.25) is 0 Å². The molecule has 0 aliphatic carbocycles. The molecular weight excluding hydrogens is 560 g/mol. The SMILES string of the molecule is COCC(CO)CCCCNC(=O)CC(CCC(=O)NCCCCCOS)NC(=O)CNC(=O)CCCCOS. The van der Waals surface area contributed by atoms with E-state index in [9.17, 15) is 24.3 Å². The summed E-state index contributed by atoms with van der Waals surface area (Å²) in [4.78, 5) is 49.2. The fraction of sp³-hybridized carbons (Fsp3) is 0.846. The van der Waals surface area contributed by atoms with E-state index in [2.05, 4.69) is 51.3 Å². The minimum Gasteiger partial charge on any atom is -0.396 e. The molecule has 0 aromatic rings. The summed E-state index contributed by atoms with van der Waals surface area (Å²) < 4.78 is 14.4. The lowest BCUT2D eigenvalue weighted by atomic mass is 10.0. The van der Waals surface area contributed by atoms with Crippen LogP contribution in [0.1, 0.15) is 77.0 Å². The van der Waals surface area contributed by atoms with Gasteiger partial charge in [-0.05, 0) is 77.2 Å². The van der Waals surface area contributed by atoms with E-state index >= 15 is 0 Å².